The smallest absolute Gasteiger partial charge is 0.255 e. The average Bonchev–Trinajstić information content (AvgIpc) is 2.36. The molecule has 19 heavy (non-hydrogen) atoms. The summed E-state index contributed by atoms with van der Waals surface area (Å²) in [5.41, 5.74) is 6.23. The maximum atomic E-state index is 12.1. The predicted octanol–water partition coefficient (Wildman–Crippen LogP) is 1.82. The number of nitrogens with one attached hydrogen (secondary N) is 1. The third-order valence-corrected chi connectivity index (χ3v) is 2.68. The molecule has 1 rings (SSSR count). The Hall–Kier alpha value is -1.75. The van der Waals surface area contributed by atoms with Crippen molar-refractivity contribution in [2.75, 3.05) is 26.0 Å². The van der Waals surface area contributed by atoms with E-state index in [9.17, 15) is 4.79 Å². The number of nitrogen functional groups attached to an aromatic ring is 1. The van der Waals surface area contributed by atoms with E-state index in [1.807, 2.05) is 20.8 Å². The highest BCUT2D eigenvalue weighted by Gasteiger charge is 2.20. The third-order valence-electron chi connectivity index (χ3n) is 2.68. The van der Waals surface area contributed by atoms with E-state index in [-0.39, 0.29) is 5.91 Å². The SMILES string of the molecule is CCOC(C)(C)CNC(=O)c1cc(N)ccc1OC. The van der Waals surface area contributed by atoms with Crippen LogP contribution in [0.3, 0.4) is 0 Å². The van der Waals surface area contributed by atoms with Crippen LogP contribution in [0.2, 0.25) is 0 Å². The van der Waals surface area contributed by atoms with Gasteiger partial charge >= 0.3 is 0 Å². The van der Waals surface area contributed by atoms with Crippen LogP contribution in [0.25, 0.3) is 0 Å². The van der Waals surface area contributed by atoms with Gasteiger partial charge < -0.3 is 20.5 Å². The van der Waals surface area contributed by atoms with Crippen LogP contribution in [0, 0.1) is 0 Å². The van der Waals surface area contributed by atoms with Crippen molar-refractivity contribution in [2.24, 2.45) is 0 Å². The highest BCUT2D eigenvalue weighted by atomic mass is 16.5. The van der Waals surface area contributed by atoms with Crippen molar-refractivity contribution in [2.45, 2.75) is 26.4 Å². The minimum Gasteiger partial charge on any atom is -0.496 e. The second kappa shape index (κ2) is 6.43. The Bertz CT molecular complexity index is 444. The van der Waals surface area contributed by atoms with Crippen molar-refractivity contribution >= 4 is 11.6 Å². The van der Waals surface area contributed by atoms with Gasteiger partial charge in [0.2, 0.25) is 0 Å². The third kappa shape index (κ3) is 4.44. The van der Waals surface area contributed by atoms with Gasteiger partial charge in [-0.15, -0.1) is 0 Å². The van der Waals surface area contributed by atoms with Gasteiger partial charge in [-0.25, -0.2) is 0 Å². The minimum absolute atomic E-state index is 0.225. The molecule has 1 aromatic carbocycles. The van der Waals surface area contributed by atoms with Crippen molar-refractivity contribution in [3.63, 3.8) is 0 Å². The summed E-state index contributed by atoms with van der Waals surface area (Å²) in [6.45, 7) is 6.79. The van der Waals surface area contributed by atoms with Crippen LogP contribution < -0.4 is 15.8 Å². The van der Waals surface area contributed by atoms with Gasteiger partial charge in [0.15, 0.2) is 0 Å². The number of anilines is 1. The normalized spacial score (nSPS) is 11.2. The van der Waals surface area contributed by atoms with Crippen molar-refractivity contribution in [3.05, 3.63) is 23.8 Å². The molecule has 0 spiro atoms. The maximum absolute atomic E-state index is 12.1. The fourth-order valence-electron chi connectivity index (χ4n) is 1.73. The predicted molar refractivity (Wildman–Crippen MR) is 75.4 cm³/mol. The Morgan fingerprint density at radius 3 is 2.68 bits per heavy atom. The van der Waals surface area contributed by atoms with Crippen LogP contribution in [-0.4, -0.2) is 31.8 Å². The molecule has 0 unspecified atom stereocenters. The fraction of sp³-hybridized carbons (Fsp3) is 0.500. The van der Waals surface area contributed by atoms with Crippen molar-refractivity contribution in [1.82, 2.24) is 5.32 Å². The Labute approximate surface area is 114 Å². The molecule has 0 heterocycles. The van der Waals surface area contributed by atoms with E-state index in [2.05, 4.69) is 5.32 Å². The molecule has 1 aromatic rings. The first-order valence-corrected chi connectivity index (χ1v) is 6.25. The van der Waals surface area contributed by atoms with Gasteiger partial charge in [-0.3, -0.25) is 4.79 Å². The van der Waals surface area contributed by atoms with Gasteiger partial charge in [0.05, 0.1) is 18.3 Å². The van der Waals surface area contributed by atoms with Crippen LogP contribution >= 0.6 is 0 Å². The Morgan fingerprint density at radius 2 is 2.11 bits per heavy atom. The number of methoxy groups -OCH3 is 1. The van der Waals surface area contributed by atoms with Crippen LogP contribution in [0.5, 0.6) is 5.75 Å². The summed E-state index contributed by atoms with van der Waals surface area (Å²) >= 11 is 0. The number of hydrogen-bond donors (Lipinski definition) is 2. The number of amides is 1. The molecule has 0 radical (unpaired) electrons. The van der Waals surface area contributed by atoms with Gasteiger partial charge in [0.1, 0.15) is 5.75 Å². The van der Waals surface area contributed by atoms with Crippen molar-refractivity contribution in [1.29, 1.82) is 0 Å². The molecule has 0 aliphatic heterocycles. The summed E-state index contributed by atoms with van der Waals surface area (Å²) in [5, 5.41) is 2.83. The molecular formula is C14H22N2O3. The monoisotopic (exact) mass is 266 g/mol. The zero-order valence-electron chi connectivity index (χ0n) is 11.9. The highest BCUT2D eigenvalue weighted by Crippen LogP contribution is 2.21. The highest BCUT2D eigenvalue weighted by molar-refractivity contribution is 5.97. The lowest BCUT2D eigenvalue weighted by Gasteiger charge is -2.25. The molecule has 0 atom stereocenters. The van der Waals surface area contributed by atoms with E-state index >= 15 is 0 Å². The number of rotatable bonds is 6. The topological polar surface area (TPSA) is 73.6 Å². The van der Waals surface area contributed by atoms with E-state index in [1.165, 1.54) is 7.11 Å². The lowest BCUT2D eigenvalue weighted by atomic mass is 10.1. The van der Waals surface area contributed by atoms with Crippen LogP contribution in [0.4, 0.5) is 5.69 Å². The number of hydrogen-bond acceptors (Lipinski definition) is 4. The molecular weight excluding hydrogens is 244 g/mol. The molecule has 1 amide bonds. The molecule has 0 saturated heterocycles. The second-order valence-corrected chi connectivity index (χ2v) is 4.84. The van der Waals surface area contributed by atoms with E-state index < -0.39 is 5.60 Å². The van der Waals surface area contributed by atoms with Gasteiger partial charge in [-0.1, -0.05) is 0 Å². The van der Waals surface area contributed by atoms with Gasteiger partial charge in [-0.2, -0.15) is 0 Å². The first-order chi connectivity index (χ1) is 8.89. The molecule has 3 N–H and O–H groups in total. The molecule has 5 heteroatoms. The maximum Gasteiger partial charge on any atom is 0.255 e. The number of ether oxygens (including phenoxy) is 2. The molecule has 5 nitrogen and oxygen atoms in total. The van der Waals surface area contributed by atoms with Crippen LogP contribution in [0.1, 0.15) is 31.1 Å². The first-order valence-electron chi connectivity index (χ1n) is 6.25. The molecule has 0 bridgehead atoms. The molecule has 0 aliphatic rings. The number of benzene rings is 1. The summed E-state index contributed by atoms with van der Waals surface area (Å²) in [5.74, 6) is 0.276. The van der Waals surface area contributed by atoms with Crippen LogP contribution in [-0.2, 0) is 4.74 Å². The molecule has 0 aliphatic carbocycles. The molecule has 0 saturated carbocycles. The Kier molecular flexibility index (Phi) is 5.18. The first kappa shape index (κ1) is 15.3. The van der Waals surface area contributed by atoms with E-state index in [0.717, 1.165) is 0 Å². The minimum atomic E-state index is -0.405. The van der Waals surface area contributed by atoms with E-state index in [1.54, 1.807) is 18.2 Å². The zero-order valence-corrected chi connectivity index (χ0v) is 11.9. The van der Waals surface area contributed by atoms with Gasteiger partial charge in [-0.05, 0) is 39.0 Å². The quantitative estimate of drug-likeness (QED) is 0.770. The number of carbonyl (C=O) groups is 1. The van der Waals surface area contributed by atoms with Crippen molar-refractivity contribution < 1.29 is 14.3 Å². The lowest BCUT2D eigenvalue weighted by molar-refractivity contribution is -0.00817. The molecule has 0 aromatic heterocycles. The van der Waals surface area contributed by atoms with Crippen molar-refractivity contribution in [3.8, 4) is 5.75 Å². The van der Waals surface area contributed by atoms with E-state index in [4.69, 9.17) is 15.2 Å². The number of nitrogens with two attached hydrogens (primary N) is 1. The zero-order chi connectivity index (χ0) is 14.5. The van der Waals surface area contributed by atoms with E-state index in [0.29, 0.717) is 30.2 Å². The average molecular weight is 266 g/mol. The molecule has 106 valence electrons. The summed E-state index contributed by atoms with van der Waals surface area (Å²) < 4.78 is 10.7. The fourth-order valence-corrected chi connectivity index (χ4v) is 1.73. The summed E-state index contributed by atoms with van der Waals surface area (Å²) in [6.07, 6.45) is 0. The lowest BCUT2D eigenvalue weighted by Crippen LogP contribution is -2.40. The Balaban J connectivity index is 2.76. The number of carbonyl (C=O) groups excluding carboxylic acids is 1. The summed E-state index contributed by atoms with van der Waals surface area (Å²) in [4.78, 5) is 12.1. The summed E-state index contributed by atoms with van der Waals surface area (Å²) in [6, 6.07) is 4.97. The standard InChI is InChI=1S/C14H22N2O3/c1-5-19-14(2,3)9-16-13(17)11-8-10(15)6-7-12(11)18-4/h6-8H,5,9,15H2,1-4H3,(H,16,17). The molecule has 0 fully saturated rings. The Morgan fingerprint density at radius 1 is 1.42 bits per heavy atom. The second-order valence-electron chi connectivity index (χ2n) is 4.84. The summed E-state index contributed by atoms with van der Waals surface area (Å²) in [7, 11) is 1.52. The van der Waals surface area contributed by atoms with Gasteiger partial charge in [0, 0.05) is 18.8 Å². The largest absolute Gasteiger partial charge is 0.496 e. The van der Waals surface area contributed by atoms with Gasteiger partial charge in [0.25, 0.3) is 5.91 Å². The van der Waals surface area contributed by atoms with Crippen LogP contribution in [0.15, 0.2) is 18.2 Å².